The lowest BCUT2D eigenvalue weighted by Gasteiger charge is -2.36. The molecule has 1 aromatic rings. The number of carbonyl (C=O) groups is 1. The predicted molar refractivity (Wildman–Crippen MR) is 76.9 cm³/mol. The van der Waals surface area contributed by atoms with Crippen LogP contribution in [-0.2, 0) is 0 Å². The zero-order valence-electron chi connectivity index (χ0n) is 11.8. The number of rotatable bonds is 4. The van der Waals surface area contributed by atoms with Gasteiger partial charge in [0.15, 0.2) is 5.69 Å². The van der Waals surface area contributed by atoms with Crippen molar-refractivity contribution in [1.29, 1.82) is 0 Å². The van der Waals surface area contributed by atoms with Gasteiger partial charge in [-0.3, -0.25) is 0 Å². The van der Waals surface area contributed by atoms with Crippen LogP contribution < -0.4 is 0 Å². The third-order valence-electron chi connectivity index (χ3n) is 3.64. The van der Waals surface area contributed by atoms with Crippen molar-refractivity contribution in [3.63, 3.8) is 0 Å². The van der Waals surface area contributed by atoms with Crippen LogP contribution in [0.1, 0.15) is 48.6 Å². The summed E-state index contributed by atoms with van der Waals surface area (Å²) in [6.07, 6.45) is 1.31. The van der Waals surface area contributed by atoms with E-state index < -0.39 is 5.97 Å². The molecule has 3 atom stereocenters. The van der Waals surface area contributed by atoms with Crippen molar-refractivity contribution in [2.45, 2.75) is 33.1 Å². The van der Waals surface area contributed by atoms with Gasteiger partial charge in [-0.1, -0.05) is 20.8 Å². The first-order valence-electron chi connectivity index (χ1n) is 6.86. The lowest BCUT2D eigenvalue weighted by Crippen LogP contribution is -2.40. The minimum absolute atomic E-state index is 0.173. The third kappa shape index (κ3) is 3.76. The fraction of sp³-hybridized carbons (Fsp3) is 0.714. The zero-order chi connectivity index (χ0) is 14.0. The molecule has 106 valence electrons. The van der Waals surface area contributed by atoms with E-state index in [2.05, 4.69) is 30.7 Å². The second-order valence-electron chi connectivity index (χ2n) is 5.94. The van der Waals surface area contributed by atoms with Gasteiger partial charge >= 0.3 is 5.97 Å². The number of carboxylic acid groups (broad SMARTS) is 1. The molecule has 0 bridgehead atoms. The first-order chi connectivity index (χ1) is 8.95. The van der Waals surface area contributed by atoms with E-state index in [1.165, 1.54) is 17.8 Å². The molecule has 1 fully saturated rings. The van der Waals surface area contributed by atoms with Crippen LogP contribution in [0.15, 0.2) is 5.38 Å². The second kappa shape index (κ2) is 6.01. The van der Waals surface area contributed by atoms with Crippen LogP contribution in [0.25, 0.3) is 0 Å². The highest BCUT2D eigenvalue weighted by Gasteiger charge is 2.24. The number of aromatic carboxylic acids is 1. The van der Waals surface area contributed by atoms with Crippen molar-refractivity contribution in [1.82, 2.24) is 9.88 Å². The Bertz CT molecular complexity index is 436. The molecule has 1 saturated heterocycles. The van der Waals surface area contributed by atoms with Crippen LogP contribution in [0, 0.1) is 11.8 Å². The molecule has 1 aromatic heterocycles. The van der Waals surface area contributed by atoms with Gasteiger partial charge in [-0.15, -0.1) is 11.3 Å². The first kappa shape index (κ1) is 14.5. The maximum atomic E-state index is 10.8. The quantitative estimate of drug-likeness (QED) is 0.922. The number of carboxylic acids is 1. The minimum Gasteiger partial charge on any atom is -0.476 e. The molecule has 1 aliphatic rings. The molecule has 19 heavy (non-hydrogen) atoms. The maximum Gasteiger partial charge on any atom is 0.355 e. The van der Waals surface area contributed by atoms with Crippen molar-refractivity contribution < 1.29 is 9.90 Å². The van der Waals surface area contributed by atoms with E-state index in [0.717, 1.165) is 36.5 Å². The Hall–Kier alpha value is -0.940. The van der Waals surface area contributed by atoms with Gasteiger partial charge in [-0.25, -0.2) is 9.78 Å². The Balaban J connectivity index is 1.96. The fourth-order valence-corrected chi connectivity index (χ4v) is 3.86. The number of piperidine rings is 1. The Morgan fingerprint density at radius 3 is 2.68 bits per heavy atom. The summed E-state index contributed by atoms with van der Waals surface area (Å²) in [4.78, 5) is 17.5. The molecule has 5 heteroatoms. The third-order valence-corrected chi connectivity index (χ3v) is 4.72. The van der Waals surface area contributed by atoms with E-state index in [-0.39, 0.29) is 5.69 Å². The summed E-state index contributed by atoms with van der Waals surface area (Å²) < 4.78 is 0. The van der Waals surface area contributed by atoms with Crippen LogP contribution in [0.2, 0.25) is 0 Å². The normalized spacial score (nSPS) is 26.3. The minimum atomic E-state index is -0.935. The van der Waals surface area contributed by atoms with Crippen molar-refractivity contribution >= 4 is 17.3 Å². The SMILES string of the molecule is CC1CC(C)CN(CC(C)c2nc(C(=O)O)cs2)C1. The largest absolute Gasteiger partial charge is 0.476 e. The molecule has 1 N–H and O–H groups in total. The summed E-state index contributed by atoms with van der Waals surface area (Å²) in [5.41, 5.74) is 0.173. The van der Waals surface area contributed by atoms with Crippen molar-refractivity contribution in [3.8, 4) is 0 Å². The fourth-order valence-electron chi connectivity index (χ4n) is 3.02. The predicted octanol–water partition coefficient (Wildman–Crippen LogP) is 2.92. The van der Waals surface area contributed by atoms with E-state index >= 15 is 0 Å². The monoisotopic (exact) mass is 282 g/mol. The standard InChI is InChI=1S/C14H22N2O2S/c1-9-4-10(2)6-16(5-9)7-11(3)13-15-12(8-19-13)14(17)18/h8-11H,4-7H2,1-3H3,(H,17,18). The second-order valence-corrected chi connectivity index (χ2v) is 6.83. The lowest BCUT2D eigenvalue weighted by atomic mass is 9.91. The molecule has 4 nitrogen and oxygen atoms in total. The number of thiazole rings is 1. The Labute approximate surface area is 118 Å². The summed E-state index contributed by atoms with van der Waals surface area (Å²) in [6.45, 7) is 10.0. The van der Waals surface area contributed by atoms with Gasteiger partial charge in [-0.2, -0.15) is 0 Å². The molecule has 2 rings (SSSR count). The maximum absolute atomic E-state index is 10.8. The van der Waals surface area contributed by atoms with E-state index in [9.17, 15) is 4.79 Å². The van der Waals surface area contributed by atoms with Crippen molar-refractivity contribution in [3.05, 3.63) is 16.1 Å². The number of hydrogen-bond acceptors (Lipinski definition) is 4. The van der Waals surface area contributed by atoms with Crippen LogP contribution in [0.3, 0.4) is 0 Å². The highest BCUT2D eigenvalue weighted by molar-refractivity contribution is 7.09. The molecule has 1 aliphatic heterocycles. The van der Waals surface area contributed by atoms with Crippen LogP contribution in [-0.4, -0.2) is 40.6 Å². The Kier molecular flexibility index (Phi) is 4.58. The van der Waals surface area contributed by atoms with E-state index in [1.807, 2.05) is 0 Å². The molecule has 2 heterocycles. The van der Waals surface area contributed by atoms with Crippen LogP contribution >= 0.6 is 11.3 Å². The molecular weight excluding hydrogens is 260 g/mol. The van der Waals surface area contributed by atoms with Gasteiger partial charge in [0.05, 0.1) is 5.01 Å². The van der Waals surface area contributed by atoms with Crippen LogP contribution in [0.4, 0.5) is 0 Å². The van der Waals surface area contributed by atoms with Gasteiger partial charge in [0.25, 0.3) is 0 Å². The molecule has 0 spiro atoms. The van der Waals surface area contributed by atoms with Crippen molar-refractivity contribution in [2.24, 2.45) is 11.8 Å². The summed E-state index contributed by atoms with van der Waals surface area (Å²) >= 11 is 1.46. The number of aromatic nitrogens is 1. The Morgan fingerprint density at radius 1 is 1.53 bits per heavy atom. The number of likely N-dealkylation sites (tertiary alicyclic amines) is 1. The molecule has 3 unspecified atom stereocenters. The molecule has 0 amide bonds. The van der Waals surface area contributed by atoms with E-state index in [4.69, 9.17) is 5.11 Å². The average Bonchev–Trinajstić information content (AvgIpc) is 2.76. The molecular formula is C14H22N2O2S. The molecule has 0 aromatic carbocycles. The highest BCUT2D eigenvalue weighted by Crippen LogP contribution is 2.25. The van der Waals surface area contributed by atoms with Gasteiger partial charge in [0, 0.05) is 30.9 Å². The van der Waals surface area contributed by atoms with Gasteiger partial charge in [0.1, 0.15) is 0 Å². The zero-order valence-corrected chi connectivity index (χ0v) is 12.6. The number of hydrogen-bond donors (Lipinski definition) is 1. The summed E-state index contributed by atoms with van der Waals surface area (Å²) in [5, 5.41) is 11.5. The van der Waals surface area contributed by atoms with Crippen molar-refractivity contribution in [2.75, 3.05) is 19.6 Å². The topological polar surface area (TPSA) is 53.4 Å². The summed E-state index contributed by atoms with van der Waals surface area (Å²) in [5.74, 6) is 0.870. The highest BCUT2D eigenvalue weighted by atomic mass is 32.1. The summed E-state index contributed by atoms with van der Waals surface area (Å²) in [7, 11) is 0. The lowest BCUT2D eigenvalue weighted by molar-refractivity contribution is 0.0691. The first-order valence-corrected chi connectivity index (χ1v) is 7.74. The summed E-state index contributed by atoms with van der Waals surface area (Å²) in [6, 6.07) is 0. The Morgan fingerprint density at radius 2 is 2.16 bits per heavy atom. The molecule has 0 aliphatic carbocycles. The number of nitrogens with zero attached hydrogens (tertiary/aromatic N) is 2. The van der Waals surface area contributed by atoms with Gasteiger partial charge in [0.2, 0.25) is 0 Å². The van der Waals surface area contributed by atoms with Crippen LogP contribution in [0.5, 0.6) is 0 Å². The van der Waals surface area contributed by atoms with Gasteiger partial charge in [-0.05, 0) is 18.3 Å². The average molecular weight is 282 g/mol. The van der Waals surface area contributed by atoms with E-state index in [0.29, 0.717) is 5.92 Å². The van der Waals surface area contributed by atoms with Gasteiger partial charge < -0.3 is 10.0 Å². The molecule has 0 radical (unpaired) electrons. The molecule has 0 saturated carbocycles. The van der Waals surface area contributed by atoms with E-state index in [1.54, 1.807) is 5.38 Å². The smallest absolute Gasteiger partial charge is 0.355 e.